The molecule has 0 bridgehead atoms. The van der Waals surface area contributed by atoms with E-state index in [1.807, 2.05) is 39.1 Å². The summed E-state index contributed by atoms with van der Waals surface area (Å²) in [5.74, 6) is 0.443. The van der Waals surface area contributed by atoms with Gasteiger partial charge in [-0.2, -0.15) is 5.10 Å². The first-order valence-electron chi connectivity index (χ1n) is 6.16. The van der Waals surface area contributed by atoms with Crippen LogP contribution < -0.4 is 10.1 Å². The number of amides is 1. The largest absolute Gasteiger partial charge is 0.484 e. The lowest BCUT2D eigenvalue weighted by Crippen LogP contribution is -2.20. The van der Waals surface area contributed by atoms with Gasteiger partial charge < -0.3 is 10.1 Å². The lowest BCUT2D eigenvalue weighted by atomic mass is 10.3. The molecule has 5 nitrogen and oxygen atoms in total. The monoisotopic (exact) mass is 337 g/mol. The maximum atomic E-state index is 11.9. The number of hydrogen-bond acceptors (Lipinski definition) is 3. The summed E-state index contributed by atoms with van der Waals surface area (Å²) in [4.78, 5) is 11.9. The Hall–Kier alpha value is -1.82. The van der Waals surface area contributed by atoms with E-state index in [2.05, 4.69) is 26.3 Å². The standard InChI is InChI=1S/C14H16BrN3O2/c1-9-14(10(2)18(3)17-9)16-13(19)8-20-12-6-4-5-11(15)7-12/h4-7H,8H2,1-3H3,(H,16,19). The Balaban J connectivity index is 1.96. The predicted octanol–water partition coefficient (Wildman–Crippen LogP) is 2.82. The lowest BCUT2D eigenvalue weighted by molar-refractivity contribution is -0.118. The van der Waals surface area contributed by atoms with Crippen molar-refractivity contribution in [2.75, 3.05) is 11.9 Å². The second-order valence-corrected chi connectivity index (χ2v) is 5.38. The Labute approximate surface area is 126 Å². The first-order chi connectivity index (χ1) is 9.47. The van der Waals surface area contributed by atoms with Crippen molar-refractivity contribution in [3.8, 4) is 5.75 Å². The molecule has 0 fully saturated rings. The van der Waals surface area contributed by atoms with Gasteiger partial charge in [0.15, 0.2) is 6.61 Å². The van der Waals surface area contributed by atoms with Gasteiger partial charge in [0.2, 0.25) is 0 Å². The Morgan fingerprint density at radius 1 is 1.45 bits per heavy atom. The van der Waals surface area contributed by atoms with Crippen LogP contribution in [-0.2, 0) is 11.8 Å². The van der Waals surface area contributed by atoms with Crippen molar-refractivity contribution in [1.82, 2.24) is 9.78 Å². The number of aromatic nitrogens is 2. The summed E-state index contributed by atoms with van der Waals surface area (Å²) < 4.78 is 8.09. The van der Waals surface area contributed by atoms with Crippen molar-refractivity contribution in [2.24, 2.45) is 7.05 Å². The molecule has 1 aromatic carbocycles. The number of rotatable bonds is 4. The van der Waals surface area contributed by atoms with Crippen LogP contribution in [0.1, 0.15) is 11.4 Å². The smallest absolute Gasteiger partial charge is 0.262 e. The van der Waals surface area contributed by atoms with Gasteiger partial charge in [-0.25, -0.2) is 0 Å². The van der Waals surface area contributed by atoms with Crippen LogP contribution in [-0.4, -0.2) is 22.3 Å². The van der Waals surface area contributed by atoms with E-state index in [1.165, 1.54) is 0 Å². The number of halogens is 1. The normalized spacial score (nSPS) is 10.4. The Kier molecular flexibility index (Phi) is 4.44. The molecule has 0 spiro atoms. The van der Waals surface area contributed by atoms with Crippen LogP contribution in [0.5, 0.6) is 5.75 Å². The molecule has 0 saturated heterocycles. The molecule has 0 saturated carbocycles. The number of nitrogens with one attached hydrogen (secondary N) is 1. The van der Waals surface area contributed by atoms with Crippen molar-refractivity contribution in [3.05, 3.63) is 40.1 Å². The van der Waals surface area contributed by atoms with Crippen LogP contribution in [0.25, 0.3) is 0 Å². The zero-order valence-corrected chi connectivity index (χ0v) is 13.2. The fourth-order valence-corrected chi connectivity index (χ4v) is 2.21. The molecule has 6 heteroatoms. The predicted molar refractivity (Wildman–Crippen MR) is 80.9 cm³/mol. The molecule has 0 unspecified atom stereocenters. The third-order valence-corrected chi connectivity index (χ3v) is 3.43. The number of benzene rings is 1. The minimum atomic E-state index is -0.204. The van der Waals surface area contributed by atoms with Gasteiger partial charge in [-0.1, -0.05) is 22.0 Å². The van der Waals surface area contributed by atoms with Crippen LogP contribution in [0.4, 0.5) is 5.69 Å². The number of hydrogen-bond donors (Lipinski definition) is 1. The molecule has 106 valence electrons. The number of nitrogens with zero attached hydrogens (tertiary/aromatic N) is 2. The second kappa shape index (κ2) is 6.09. The van der Waals surface area contributed by atoms with Crippen LogP contribution in [0.15, 0.2) is 28.7 Å². The molecule has 1 N–H and O–H groups in total. The SMILES string of the molecule is Cc1nn(C)c(C)c1NC(=O)COc1cccc(Br)c1. The van der Waals surface area contributed by atoms with E-state index in [9.17, 15) is 4.79 Å². The van der Waals surface area contributed by atoms with E-state index < -0.39 is 0 Å². The number of ether oxygens (including phenoxy) is 1. The molecule has 1 heterocycles. The highest BCUT2D eigenvalue weighted by molar-refractivity contribution is 9.10. The van der Waals surface area contributed by atoms with Gasteiger partial charge in [0.1, 0.15) is 5.75 Å². The van der Waals surface area contributed by atoms with E-state index in [4.69, 9.17) is 4.74 Å². The van der Waals surface area contributed by atoms with Crippen molar-refractivity contribution < 1.29 is 9.53 Å². The van der Waals surface area contributed by atoms with Crippen LogP contribution in [0, 0.1) is 13.8 Å². The number of carbonyl (C=O) groups is 1. The topological polar surface area (TPSA) is 56.2 Å². The molecule has 0 radical (unpaired) electrons. The summed E-state index contributed by atoms with van der Waals surface area (Å²) in [6, 6.07) is 7.37. The summed E-state index contributed by atoms with van der Waals surface area (Å²) >= 11 is 3.35. The van der Waals surface area contributed by atoms with Crippen LogP contribution >= 0.6 is 15.9 Å². The van der Waals surface area contributed by atoms with Crippen LogP contribution in [0.2, 0.25) is 0 Å². The van der Waals surface area contributed by atoms with Gasteiger partial charge in [-0.15, -0.1) is 0 Å². The Morgan fingerprint density at radius 3 is 2.80 bits per heavy atom. The molecule has 2 aromatic rings. The maximum Gasteiger partial charge on any atom is 0.262 e. The molecular formula is C14H16BrN3O2. The summed E-state index contributed by atoms with van der Waals surface area (Å²) in [6.07, 6.45) is 0. The lowest BCUT2D eigenvalue weighted by Gasteiger charge is -2.08. The molecular weight excluding hydrogens is 322 g/mol. The summed E-state index contributed by atoms with van der Waals surface area (Å²) in [6.45, 7) is 3.73. The third-order valence-electron chi connectivity index (χ3n) is 2.94. The van der Waals surface area contributed by atoms with E-state index in [-0.39, 0.29) is 12.5 Å². The average molecular weight is 338 g/mol. The highest BCUT2D eigenvalue weighted by Gasteiger charge is 2.12. The zero-order chi connectivity index (χ0) is 14.7. The van der Waals surface area contributed by atoms with Crippen molar-refractivity contribution >= 4 is 27.5 Å². The zero-order valence-electron chi connectivity index (χ0n) is 11.6. The number of aryl methyl sites for hydroxylation is 2. The molecule has 1 aromatic heterocycles. The van der Waals surface area contributed by atoms with E-state index in [0.717, 1.165) is 21.5 Å². The van der Waals surface area contributed by atoms with Gasteiger partial charge in [0.25, 0.3) is 5.91 Å². The van der Waals surface area contributed by atoms with Crippen LogP contribution in [0.3, 0.4) is 0 Å². The molecule has 0 aliphatic carbocycles. The highest BCUT2D eigenvalue weighted by atomic mass is 79.9. The number of carbonyl (C=O) groups excluding carboxylic acids is 1. The van der Waals surface area contributed by atoms with Gasteiger partial charge in [0.05, 0.1) is 17.1 Å². The van der Waals surface area contributed by atoms with Crippen molar-refractivity contribution in [2.45, 2.75) is 13.8 Å². The molecule has 0 atom stereocenters. The fraction of sp³-hybridized carbons (Fsp3) is 0.286. The van der Waals surface area contributed by atoms with Gasteiger partial charge in [-0.05, 0) is 32.0 Å². The summed E-state index contributed by atoms with van der Waals surface area (Å²) in [5.41, 5.74) is 2.45. The van der Waals surface area contributed by atoms with E-state index in [1.54, 1.807) is 10.7 Å². The minimum Gasteiger partial charge on any atom is -0.484 e. The Bertz CT molecular complexity index is 637. The van der Waals surface area contributed by atoms with Gasteiger partial charge >= 0.3 is 0 Å². The number of anilines is 1. The third kappa shape index (κ3) is 3.39. The highest BCUT2D eigenvalue weighted by Crippen LogP contribution is 2.19. The quantitative estimate of drug-likeness (QED) is 0.933. The molecule has 1 amide bonds. The minimum absolute atomic E-state index is 0.0375. The van der Waals surface area contributed by atoms with E-state index in [0.29, 0.717) is 5.75 Å². The first-order valence-corrected chi connectivity index (χ1v) is 6.95. The molecule has 2 rings (SSSR count). The summed E-state index contributed by atoms with van der Waals surface area (Å²) in [5, 5.41) is 7.07. The summed E-state index contributed by atoms with van der Waals surface area (Å²) in [7, 11) is 1.84. The molecule has 0 aliphatic rings. The van der Waals surface area contributed by atoms with E-state index >= 15 is 0 Å². The first kappa shape index (κ1) is 14.6. The van der Waals surface area contributed by atoms with Gasteiger partial charge in [0, 0.05) is 11.5 Å². The fourth-order valence-electron chi connectivity index (χ4n) is 1.84. The second-order valence-electron chi connectivity index (χ2n) is 4.46. The van der Waals surface area contributed by atoms with Crippen molar-refractivity contribution in [1.29, 1.82) is 0 Å². The maximum absolute atomic E-state index is 11.9. The van der Waals surface area contributed by atoms with Crippen molar-refractivity contribution in [3.63, 3.8) is 0 Å². The average Bonchev–Trinajstić information content (AvgIpc) is 2.63. The molecule has 0 aliphatic heterocycles. The molecule has 20 heavy (non-hydrogen) atoms. The Morgan fingerprint density at radius 2 is 2.20 bits per heavy atom. The van der Waals surface area contributed by atoms with Gasteiger partial charge in [-0.3, -0.25) is 9.48 Å².